The number of rotatable bonds is 32. The number of hydrogen-bond acceptors (Lipinski definition) is 13. The van der Waals surface area contributed by atoms with E-state index in [0.717, 1.165) is 15.4 Å². The Morgan fingerprint density at radius 3 is 1.82 bits per heavy atom. The molecule has 1 aliphatic heterocycles. The number of primary amides is 1. The lowest BCUT2D eigenvalue weighted by molar-refractivity contribution is -0.141. The summed E-state index contributed by atoms with van der Waals surface area (Å²) in [6.07, 6.45) is 4.50. The van der Waals surface area contributed by atoms with Gasteiger partial charge in [0.15, 0.2) is 0 Å². The number of sulfonamides is 1. The number of amides is 11. The van der Waals surface area contributed by atoms with Gasteiger partial charge in [-0.05, 0) is 97.9 Å². The first kappa shape index (κ1) is 72.0. The summed E-state index contributed by atoms with van der Waals surface area (Å²) < 4.78 is 29.3. The predicted octanol–water partition coefficient (Wildman–Crippen LogP) is 5.20. The first-order chi connectivity index (χ1) is 41.2. The number of benzene rings is 3. The lowest BCUT2D eigenvalue weighted by Crippen LogP contribution is -2.61. The summed E-state index contributed by atoms with van der Waals surface area (Å²) in [7, 11) is -1.20. The van der Waals surface area contributed by atoms with E-state index in [9.17, 15) is 61.5 Å². The standard InChI is InChI=1S/C63H89N11O13S/c1-39(2)48(72(12)59(82)54(62(6,7)8)70-58(81)53(65-11)63(9,10)44-20-15-13-16-21-44)36-41(5)55(78)71-88(86,87)46-30-26-43(27-31-46)38-73(61(84)85)37-42-24-28-45(29-25-42)67-56(79)47(22-19-34-66-60(64)83)68-57(80)52(40(3)4)69-49(75)23-17-14-18-35-74-50(76)32-33-51(74)77/h13,15-16,20-21,24-33,36,39-40,47-48,52-54,65H,14,17-19,22-23,34-35,37-38H2,1-12H3,(H,67,79)(H,68,80)(H,69,75)(H,70,81)(H,71,78)(H,84,85)(H3,64,66,83)/b41-36+/t47-,48-,52-,53-,54-/m1/s1. The van der Waals surface area contributed by atoms with Crippen LogP contribution in [0.2, 0.25) is 0 Å². The number of hydrogen-bond donors (Lipinski definition) is 9. The van der Waals surface area contributed by atoms with Gasteiger partial charge in [0.1, 0.15) is 18.1 Å². The molecule has 3 aromatic carbocycles. The molecule has 0 aliphatic carbocycles. The van der Waals surface area contributed by atoms with Crippen LogP contribution in [0.5, 0.6) is 0 Å². The smallest absolute Gasteiger partial charge is 0.407 e. The Morgan fingerprint density at radius 1 is 0.716 bits per heavy atom. The first-order valence-corrected chi connectivity index (χ1v) is 30.8. The van der Waals surface area contributed by atoms with Crippen molar-refractivity contribution in [3.05, 3.63) is 119 Å². The number of carboxylic acid groups (broad SMARTS) is 1. The monoisotopic (exact) mass is 1240 g/mol. The number of imide groups is 1. The summed E-state index contributed by atoms with van der Waals surface area (Å²) in [5.74, 6) is -4.77. The van der Waals surface area contributed by atoms with Crippen LogP contribution in [0.4, 0.5) is 15.3 Å². The van der Waals surface area contributed by atoms with Gasteiger partial charge >= 0.3 is 12.1 Å². The zero-order valence-corrected chi connectivity index (χ0v) is 53.3. The van der Waals surface area contributed by atoms with Crippen LogP contribution in [0.25, 0.3) is 0 Å². The Morgan fingerprint density at radius 2 is 1.30 bits per heavy atom. The molecule has 0 fully saturated rings. The van der Waals surface area contributed by atoms with Crippen LogP contribution in [0.3, 0.4) is 0 Å². The van der Waals surface area contributed by atoms with Gasteiger partial charge in [0.05, 0.1) is 17.0 Å². The highest BCUT2D eigenvalue weighted by Gasteiger charge is 2.42. The van der Waals surface area contributed by atoms with Crippen molar-refractivity contribution in [1.29, 1.82) is 0 Å². The molecule has 4 rings (SSSR count). The van der Waals surface area contributed by atoms with E-state index >= 15 is 0 Å². The van der Waals surface area contributed by atoms with E-state index < -0.39 is 92.7 Å². The van der Waals surface area contributed by atoms with E-state index in [1.165, 1.54) is 54.3 Å². The topological polar surface area (TPSA) is 345 Å². The van der Waals surface area contributed by atoms with E-state index in [4.69, 9.17) is 5.73 Å². The van der Waals surface area contributed by atoms with Crippen molar-refractivity contribution in [2.75, 3.05) is 32.5 Å². The molecule has 0 aromatic heterocycles. The van der Waals surface area contributed by atoms with Gasteiger partial charge in [0.2, 0.25) is 29.5 Å². The predicted molar refractivity (Wildman–Crippen MR) is 333 cm³/mol. The zero-order valence-electron chi connectivity index (χ0n) is 52.5. The third-order valence-electron chi connectivity index (χ3n) is 15.2. The third kappa shape index (κ3) is 21.2. The SMILES string of the molecule is CN[C@H](C(=O)N[C@H](C(=O)N(C)[C@H](/C=C(\C)C(=O)NS(=O)(=O)c1ccc(CN(Cc2ccc(NC(=O)[C@@H](CCCNC(N)=O)NC(=O)[C@H](NC(=O)CCCCCN3C(=O)C=CC3=O)C(C)C)cc2)C(=O)O)cc1)C(C)C)C(C)(C)C)C(C)(C)c1ccccc1. The third-order valence-corrected chi connectivity index (χ3v) is 16.5. The Bertz CT molecular complexity index is 3130. The van der Waals surface area contributed by atoms with Crippen LogP contribution in [0.15, 0.2) is 108 Å². The van der Waals surface area contributed by atoms with E-state index in [2.05, 4.69) is 36.6 Å². The minimum atomic E-state index is -4.46. The molecule has 5 atom stereocenters. The Labute approximate surface area is 516 Å². The molecule has 88 heavy (non-hydrogen) atoms. The van der Waals surface area contributed by atoms with Crippen molar-refractivity contribution in [1.82, 2.24) is 46.0 Å². The molecule has 0 unspecified atom stereocenters. The van der Waals surface area contributed by atoms with Crippen LogP contribution in [0.1, 0.15) is 124 Å². The summed E-state index contributed by atoms with van der Waals surface area (Å²) >= 11 is 0. The number of carbonyl (C=O) groups excluding carboxylic acids is 9. The zero-order chi connectivity index (χ0) is 65.8. The number of likely N-dealkylation sites (N-methyl/N-ethyl adjacent to an activating group) is 2. The highest BCUT2D eigenvalue weighted by atomic mass is 32.2. The van der Waals surface area contributed by atoms with Crippen molar-refractivity contribution in [2.24, 2.45) is 23.0 Å². The van der Waals surface area contributed by atoms with Crippen molar-refractivity contribution in [3.8, 4) is 0 Å². The van der Waals surface area contributed by atoms with Crippen molar-refractivity contribution >= 4 is 75.1 Å². The molecule has 0 bridgehead atoms. The lowest BCUT2D eigenvalue weighted by Gasteiger charge is -2.40. The van der Waals surface area contributed by atoms with Crippen molar-refractivity contribution in [2.45, 2.75) is 161 Å². The van der Waals surface area contributed by atoms with E-state index in [1.54, 1.807) is 52.2 Å². The van der Waals surface area contributed by atoms with Gasteiger partial charge in [0, 0.05) is 68.5 Å². The summed E-state index contributed by atoms with van der Waals surface area (Å²) in [6.45, 7) is 18.0. The number of nitrogens with zero attached hydrogens (tertiary/aromatic N) is 3. The normalized spacial score (nSPS) is 14.5. The molecule has 3 aromatic rings. The molecule has 480 valence electrons. The van der Waals surface area contributed by atoms with E-state index in [0.29, 0.717) is 36.1 Å². The molecule has 1 aliphatic rings. The highest BCUT2D eigenvalue weighted by Crippen LogP contribution is 2.30. The molecule has 0 spiro atoms. The Balaban J connectivity index is 1.38. The molecule has 1 heterocycles. The van der Waals surface area contributed by atoms with Gasteiger partial charge in [-0.25, -0.2) is 22.7 Å². The minimum absolute atomic E-state index is 0.00950. The van der Waals surface area contributed by atoms with Gasteiger partial charge in [-0.2, -0.15) is 0 Å². The number of nitrogens with two attached hydrogens (primary N) is 1. The maximum absolute atomic E-state index is 14.4. The van der Waals surface area contributed by atoms with Crippen LogP contribution in [0, 0.1) is 17.3 Å². The average molecular weight is 1240 g/mol. The second kappa shape index (κ2) is 32.5. The largest absolute Gasteiger partial charge is 0.465 e. The molecule has 0 saturated carbocycles. The van der Waals surface area contributed by atoms with Crippen LogP contribution < -0.4 is 42.4 Å². The minimum Gasteiger partial charge on any atom is -0.465 e. The van der Waals surface area contributed by atoms with Gasteiger partial charge in [-0.15, -0.1) is 0 Å². The number of anilines is 1. The molecule has 24 nitrogen and oxygen atoms in total. The molecule has 11 amide bonds. The average Bonchev–Trinajstić information content (AvgIpc) is 3.29. The lowest BCUT2D eigenvalue weighted by atomic mass is 9.76. The molecule has 10 N–H and O–H groups in total. The van der Waals surface area contributed by atoms with Crippen LogP contribution >= 0.6 is 0 Å². The summed E-state index contributed by atoms with van der Waals surface area (Å²) in [6, 6.07) is 15.8. The van der Waals surface area contributed by atoms with Gasteiger partial charge in [-0.3, -0.25) is 48.2 Å². The second-order valence-electron chi connectivity index (χ2n) is 24.3. The van der Waals surface area contributed by atoms with E-state index in [1.807, 2.05) is 78.8 Å². The first-order valence-electron chi connectivity index (χ1n) is 29.4. The fraction of sp³-hybridized carbons (Fsp3) is 0.492. The maximum atomic E-state index is 14.4. The second-order valence-corrected chi connectivity index (χ2v) is 26.0. The maximum Gasteiger partial charge on any atom is 0.407 e. The summed E-state index contributed by atoms with van der Waals surface area (Å²) in [5.41, 5.74) is 5.99. The van der Waals surface area contributed by atoms with E-state index in [-0.39, 0.29) is 85.5 Å². The molecule has 25 heteroatoms. The highest BCUT2D eigenvalue weighted by molar-refractivity contribution is 7.90. The fourth-order valence-electron chi connectivity index (χ4n) is 9.96. The van der Waals surface area contributed by atoms with Gasteiger partial charge in [-0.1, -0.05) is 129 Å². The molecule has 0 saturated heterocycles. The van der Waals surface area contributed by atoms with Gasteiger partial charge < -0.3 is 47.6 Å². The number of urea groups is 1. The van der Waals surface area contributed by atoms with Crippen LogP contribution in [-0.2, 0) is 66.9 Å². The quantitative estimate of drug-likeness (QED) is 0.0221. The fourth-order valence-corrected chi connectivity index (χ4v) is 11.0. The molecular formula is C63H89N11O13S. The number of unbranched alkanes of at least 4 members (excludes halogenated alkanes) is 2. The van der Waals surface area contributed by atoms with Crippen molar-refractivity contribution < 1.29 is 61.5 Å². The van der Waals surface area contributed by atoms with Gasteiger partial charge in [0.25, 0.3) is 27.7 Å². The molecule has 0 radical (unpaired) electrons. The number of carbonyl (C=O) groups is 10. The Kier molecular flexibility index (Phi) is 26.6. The summed E-state index contributed by atoms with van der Waals surface area (Å²) in [4.78, 5) is 133. The number of nitrogens with one attached hydrogen (secondary N) is 7. The van der Waals surface area contributed by atoms with Crippen molar-refractivity contribution in [3.63, 3.8) is 0 Å². The van der Waals surface area contributed by atoms with Crippen LogP contribution in [-0.4, -0.2) is 145 Å². The summed E-state index contributed by atoms with van der Waals surface area (Å²) in [5, 5.41) is 27.0. The molecular weight excluding hydrogens is 1150 g/mol. The Hall–Kier alpha value is -8.45.